The quantitative estimate of drug-likeness (QED) is 0.292. The highest BCUT2D eigenvalue weighted by Crippen LogP contribution is 2.37. The zero-order valence-corrected chi connectivity index (χ0v) is 19.7. The van der Waals surface area contributed by atoms with Gasteiger partial charge < -0.3 is 19.5 Å². The summed E-state index contributed by atoms with van der Waals surface area (Å²) >= 11 is 1.28. The second kappa shape index (κ2) is 11.9. The molecule has 0 bridgehead atoms. The number of carbonyl (C=O) groups excluding carboxylic acids is 2. The molecule has 0 unspecified atom stereocenters. The van der Waals surface area contributed by atoms with Crippen LogP contribution in [-0.4, -0.2) is 31.7 Å². The molecule has 0 saturated heterocycles. The van der Waals surface area contributed by atoms with Gasteiger partial charge in [0.25, 0.3) is 0 Å². The van der Waals surface area contributed by atoms with E-state index in [1.165, 1.54) is 17.4 Å². The van der Waals surface area contributed by atoms with Crippen molar-refractivity contribution in [2.24, 2.45) is 0 Å². The minimum atomic E-state index is -0.478. The molecule has 172 valence electrons. The Morgan fingerprint density at radius 2 is 1.48 bits per heavy atom. The van der Waals surface area contributed by atoms with E-state index in [1.54, 1.807) is 13.0 Å². The molecule has 1 N–H and O–H groups in total. The fourth-order valence-corrected chi connectivity index (χ4v) is 4.09. The molecular formula is C26H27NO5S. The summed E-state index contributed by atoms with van der Waals surface area (Å²) in [7, 11) is 0. The summed E-state index contributed by atoms with van der Waals surface area (Å²) in [5, 5.41) is 5.10. The molecule has 0 spiro atoms. The summed E-state index contributed by atoms with van der Waals surface area (Å²) in [5.74, 6) is 0.712. The molecule has 0 atom stereocenters. The van der Waals surface area contributed by atoms with Crippen molar-refractivity contribution in [1.82, 2.24) is 0 Å². The van der Waals surface area contributed by atoms with Crippen molar-refractivity contribution in [3.05, 3.63) is 71.1 Å². The van der Waals surface area contributed by atoms with Gasteiger partial charge in [-0.2, -0.15) is 0 Å². The zero-order valence-electron chi connectivity index (χ0n) is 18.9. The maximum absolute atomic E-state index is 12.7. The number of amides is 1. The molecule has 0 radical (unpaired) electrons. The molecule has 1 amide bonds. The smallest absolute Gasteiger partial charge is 0.341 e. The minimum absolute atomic E-state index is 0.239. The molecule has 0 aliphatic heterocycles. The molecule has 0 saturated carbocycles. The summed E-state index contributed by atoms with van der Waals surface area (Å²) < 4.78 is 16.2. The van der Waals surface area contributed by atoms with Crippen molar-refractivity contribution >= 4 is 34.3 Å². The van der Waals surface area contributed by atoms with Crippen LogP contribution in [0.15, 0.2) is 60.0 Å². The Morgan fingerprint density at radius 3 is 2.06 bits per heavy atom. The standard InChI is InChI=1S/C26H27NO5S/c1-4-30-20-12-7-18(8-13-20)9-16-23(28)27-25-24(26(29)32-6-3)22(17-33-25)19-10-14-21(15-11-19)31-5-2/h7-17H,4-6H2,1-3H3,(H,27,28). The number of hydrogen-bond acceptors (Lipinski definition) is 6. The first-order valence-electron chi connectivity index (χ1n) is 10.8. The van der Waals surface area contributed by atoms with Crippen LogP contribution in [0.5, 0.6) is 11.5 Å². The second-order valence-electron chi connectivity index (χ2n) is 6.86. The number of carbonyl (C=O) groups is 2. The highest BCUT2D eigenvalue weighted by atomic mass is 32.1. The molecule has 6 nitrogen and oxygen atoms in total. The van der Waals surface area contributed by atoms with E-state index in [2.05, 4.69) is 5.32 Å². The molecule has 1 heterocycles. The first-order valence-corrected chi connectivity index (χ1v) is 11.7. The first-order chi connectivity index (χ1) is 16.0. The number of ether oxygens (including phenoxy) is 3. The Morgan fingerprint density at radius 1 is 0.879 bits per heavy atom. The maximum atomic E-state index is 12.7. The average molecular weight is 466 g/mol. The van der Waals surface area contributed by atoms with Crippen LogP contribution in [0.2, 0.25) is 0 Å². The van der Waals surface area contributed by atoms with Crippen LogP contribution in [0, 0.1) is 0 Å². The number of benzene rings is 2. The van der Waals surface area contributed by atoms with Gasteiger partial charge in [-0.1, -0.05) is 24.3 Å². The van der Waals surface area contributed by atoms with Gasteiger partial charge in [-0.05, 0) is 62.2 Å². The Balaban J connectivity index is 1.80. The van der Waals surface area contributed by atoms with E-state index < -0.39 is 5.97 Å². The number of nitrogens with one attached hydrogen (secondary N) is 1. The number of hydrogen-bond donors (Lipinski definition) is 1. The van der Waals surface area contributed by atoms with Gasteiger partial charge in [0.2, 0.25) is 5.91 Å². The molecule has 0 aliphatic carbocycles. The van der Waals surface area contributed by atoms with Crippen molar-refractivity contribution < 1.29 is 23.8 Å². The molecule has 3 rings (SSSR count). The summed E-state index contributed by atoms with van der Waals surface area (Å²) in [5.41, 5.74) is 2.74. The fraction of sp³-hybridized carbons (Fsp3) is 0.231. The Kier molecular flexibility index (Phi) is 8.66. The van der Waals surface area contributed by atoms with E-state index in [4.69, 9.17) is 14.2 Å². The predicted octanol–water partition coefficient (Wildman–Crippen LogP) is 6.04. The highest BCUT2D eigenvalue weighted by molar-refractivity contribution is 7.15. The van der Waals surface area contributed by atoms with Gasteiger partial charge in [-0.15, -0.1) is 11.3 Å². The summed E-state index contributed by atoms with van der Waals surface area (Å²) in [6.45, 7) is 7.01. The molecule has 1 aromatic heterocycles. The third-order valence-corrected chi connectivity index (χ3v) is 5.50. The van der Waals surface area contributed by atoms with Gasteiger partial charge in [-0.3, -0.25) is 4.79 Å². The molecule has 2 aromatic carbocycles. The van der Waals surface area contributed by atoms with Gasteiger partial charge in [-0.25, -0.2) is 4.79 Å². The van der Waals surface area contributed by atoms with Crippen molar-refractivity contribution in [3.8, 4) is 22.6 Å². The largest absolute Gasteiger partial charge is 0.494 e. The summed E-state index contributed by atoms with van der Waals surface area (Å²) in [6, 6.07) is 14.9. The fourth-order valence-electron chi connectivity index (χ4n) is 3.13. The third kappa shape index (κ3) is 6.46. The van der Waals surface area contributed by atoms with Crippen LogP contribution in [-0.2, 0) is 9.53 Å². The Labute approximate surface area is 197 Å². The first kappa shape index (κ1) is 24.1. The van der Waals surface area contributed by atoms with Gasteiger partial charge >= 0.3 is 5.97 Å². The lowest BCUT2D eigenvalue weighted by Gasteiger charge is -2.09. The zero-order chi connectivity index (χ0) is 23.6. The molecule has 3 aromatic rings. The number of rotatable bonds is 10. The van der Waals surface area contributed by atoms with Crippen molar-refractivity contribution in [1.29, 1.82) is 0 Å². The van der Waals surface area contributed by atoms with Gasteiger partial charge in [0.15, 0.2) is 0 Å². The number of anilines is 1. The van der Waals surface area contributed by atoms with Crippen LogP contribution in [0.4, 0.5) is 5.00 Å². The van der Waals surface area contributed by atoms with E-state index in [0.29, 0.717) is 29.3 Å². The van der Waals surface area contributed by atoms with Crippen LogP contribution < -0.4 is 14.8 Å². The molecule has 33 heavy (non-hydrogen) atoms. The van der Waals surface area contributed by atoms with E-state index in [-0.39, 0.29) is 12.5 Å². The van der Waals surface area contributed by atoms with Crippen LogP contribution >= 0.6 is 11.3 Å². The third-order valence-electron chi connectivity index (χ3n) is 4.60. The minimum Gasteiger partial charge on any atom is -0.494 e. The van der Waals surface area contributed by atoms with Gasteiger partial charge in [0, 0.05) is 17.0 Å². The van der Waals surface area contributed by atoms with Gasteiger partial charge in [0.1, 0.15) is 22.1 Å². The lowest BCUT2D eigenvalue weighted by molar-refractivity contribution is -0.111. The van der Waals surface area contributed by atoms with Crippen molar-refractivity contribution in [3.63, 3.8) is 0 Å². The van der Waals surface area contributed by atoms with E-state index in [1.807, 2.05) is 67.8 Å². The van der Waals surface area contributed by atoms with Crippen LogP contribution in [0.3, 0.4) is 0 Å². The van der Waals surface area contributed by atoms with Crippen molar-refractivity contribution in [2.45, 2.75) is 20.8 Å². The van der Waals surface area contributed by atoms with Crippen LogP contribution in [0.1, 0.15) is 36.7 Å². The van der Waals surface area contributed by atoms with E-state index in [9.17, 15) is 9.59 Å². The van der Waals surface area contributed by atoms with Gasteiger partial charge in [0.05, 0.1) is 19.8 Å². The number of esters is 1. The Bertz CT molecular complexity index is 1100. The average Bonchev–Trinajstić information content (AvgIpc) is 3.23. The van der Waals surface area contributed by atoms with Crippen molar-refractivity contribution in [2.75, 3.05) is 25.1 Å². The predicted molar refractivity (Wildman–Crippen MR) is 132 cm³/mol. The monoisotopic (exact) mass is 465 g/mol. The topological polar surface area (TPSA) is 73.9 Å². The lowest BCUT2D eigenvalue weighted by Crippen LogP contribution is -2.12. The molecule has 0 fully saturated rings. The molecule has 0 aliphatic rings. The number of thiophene rings is 1. The Hall–Kier alpha value is -3.58. The second-order valence-corrected chi connectivity index (χ2v) is 7.74. The molecule has 7 heteroatoms. The summed E-state index contributed by atoms with van der Waals surface area (Å²) in [6.07, 6.45) is 3.14. The highest BCUT2D eigenvalue weighted by Gasteiger charge is 2.22. The summed E-state index contributed by atoms with van der Waals surface area (Å²) in [4.78, 5) is 25.3. The molecular weight excluding hydrogens is 438 g/mol. The maximum Gasteiger partial charge on any atom is 0.341 e. The van der Waals surface area contributed by atoms with E-state index in [0.717, 1.165) is 22.6 Å². The normalized spacial score (nSPS) is 10.8. The SMILES string of the molecule is CCOC(=O)c1c(-c2ccc(OCC)cc2)csc1NC(=O)C=Cc1ccc(OCC)cc1. The van der Waals surface area contributed by atoms with E-state index >= 15 is 0 Å². The lowest BCUT2D eigenvalue weighted by atomic mass is 10.0. The van der Waals surface area contributed by atoms with Crippen LogP contribution in [0.25, 0.3) is 17.2 Å².